The van der Waals surface area contributed by atoms with E-state index in [1.165, 1.54) is 18.4 Å². The van der Waals surface area contributed by atoms with Gasteiger partial charge in [0.15, 0.2) is 5.96 Å². The fourth-order valence-electron chi connectivity index (χ4n) is 2.37. The van der Waals surface area contributed by atoms with Crippen molar-refractivity contribution in [2.24, 2.45) is 16.8 Å². The van der Waals surface area contributed by atoms with Crippen LogP contribution in [0, 0.1) is 11.8 Å². The molecule has 0 saturated heterocycles. The van der Waals surface area contributed by atoms with Crippen molar-refractivity contribution < 1.29 is 9.47 Å². The second-order valence-corrected chi connectivity index (χ2v) is 6.77. The summed E-state index contributed by atoms with van der Waals surface area (Å²) in [4.78, 5) is 4.64. The molecule has 1 aromatic carbocycles. The van der Waals surface area contributed by atoms with Crippen LogP contribution in [0.5, 0.6) is 0 Å². The lowest BCUT2D eigenvalue weighted by Gasteiger charge is -2.14. The lowest BCUT2D eigenvalue weighted by molar-refractivity contribution is 0.0944. The van der Waals surface area contributed by atoms with Crippen LogP contribution in [-0.2, 0) is 16.1 Å². The number of nitrogens with one attached hydrogen (secondary N) is 2. The fraction of sp³-hybridized carbons (Fsp3) is 0.650. The van der Waals surface area contributed by atoms with Crippen molar-refractivity contribution in [3.05, 3.63) is 35.9 Å². The van der Waals surface area contributed by atoms with Crippen molar-refractivity contribution in [2.45, 2.75) is 33.3 Å². The average Bonchev–Trinajstić information content (AvgIpc) is 3.44. The number of aliphatic imine (C=N–C) groups is 1. The summed E-state index contributed by atoms with van der Waals surface area (Å²) in [7, 11) is 0. The predicted octanol–water partition coefficient (Wildman–Crippen LogP) is 2.82. The summed E-state index contributed by atoms with van der Waals surface area (Å²) >= 11 is 0. The van der Waals surface area contributed by atoms with Crippen molar-refractivity contribution in [2.75, 3.05) is 39.5 Å². The Kier molecular flexibility index (Phi) is 9.37. The second kappa shape index (κ2) is 11.9. The number of hydrogen-bond donors (Lipinski definition) is 2. The molecule has 0 heterocycles. The van der Waals surface area contributed by atoms with E-state index in [1.807, 2.05) is 18.2 Å². The van der Waals surface area contributed by atoms with Crippen LogP contribution in [0.1, 0.15) is 32.3 Å². The van der Waals surface area contributed by atoms with Crippen LogP contribution >= 0.6 is 0 Å². The fourth-order valence-corrected chi connectivity index (χ4v) is 2.37. The van der Waals surface area contributed by atoms with Crippen molar-refractivity contribution >= 4 is 5.96 Å². The molecule has 2 N–H and O–H groups in total. The Labute approximate surface area is 152 Å². The van der Waals surface area contributed by atoms with Crippen molar-refractivity contribution in [1.29, 1.82) is 0 Å². The normalized spacial score (nSPS) is 15.8. The zero-order valence-corrected chi connectivity index (χ0v) is 15.7. The minimum absolute atomic E-state index is 0.380. The lowest BCUT2D eigenvalue weighted by atomic mass is 10.2. The first-order chi connectivity index (χ1) is 12.3. The van der Waals surface area contributed by atoms with Gasteiger partial charge >= 0.3 is 0 Å². The summed E-state index contributed by atoms with van der Waals surface area (Å²) in [5, 5.41) is 6.60. The van der Waals surface area contributed by atoms with Crippen molar-refractivity contribution in [3.63, 3.8) is 0 Å². The first-order valence-electron chi connectivity index (χ1n) is 9.49. The maximum Gasteiger partial charge on any atom is 0.191 e. The molecule has 5 nitrogen and oxygen atoms in total. The van der Waals surface area contributed by atoms with Gasteiger partial charge in [-0.2, -0.15) is 0 Å². The van der Waals surface area contributed by atoms with E-state index >= 15 is 0 Å². The Morgan fingerprint density at radius 3 is 2.72 bits per heavy atom. The maximum atomic E-state index is 5.79. The van der Waals surface area contributed by atoms with Crippen LogP contribution < -0.4 is 10.6 Å². The van der Waals surface area contributed by atoms with Gasteiger partial charge in [-0.05, 0) is 37.2 Å². The van der Waals surface area contributed by atoms with Crippen LogP contribution in [0.15, 0.2) is 35.3 Å². The topological polar surface area (TPSA) is 54.9 Å². The van der Waals surface area contributed by atoms with Gasteiger partial charge in [0.1, 0.15) is 0 Å². The Hall–Kier alpha value is -1.59. The van der Waals surface area contributed by atoms with Crippen LogP contribution in [0.25, 0.3) is 0 Å². The van der Waals surface area contributed by atoms with Gasteiger partial charge in [-0.25, -0.2) is 0 Å². The van der Waals surface area contributed by atoms with Crippen LogP contribution in [0.4, 0.5) is 0 Å². The summed E-state index contributed by atoms with van der Waals surface area (Å²) in [6.45, 7) is 9.64. The van der Waals surface area contributed by atoms with Crippen LogP contribution in [0.2, 0.25) is 0 Å². The van der Waals surface area contributed by atoms with Gasteiger partial charge in [0.05, 0.1) is 19.8 Å². The zero-order chi connectivity index (χ0) is 17.7. The number of guanidine groups is 1. The highest BCUT2D eigenvalue weighted by molar-refractivity contribution is 5.79. The molecule has 0 bridgehead atoms. The molecule has 1 fully saturated rings. The lowest BCUT2D eigenvalue weighted by Crippen LogP contribution is -2.39. The number of benzene rings is 1. The molecule has 0 radical (unpaired) electrons. The molecular weight excluding hydrogens is 314 g/mol. The summed E-state index contributed by atoms with van der Waals surface area (Å²) in [5.41, 5.74) is 1.21. The molecule has 140 valence electrons. The smallest absolute Gasteiger partial charge is 0.191 e. The molecule has 1 aromatic rings. The summed E-state index contributed by atoms with van der Waals surface area (Å²) in [5.74, 6) is 2.05. The average molecular weight is 348 g/mol. The molecule has 0 aliphatic heterocycles. The molecule has 5 heteroatoms. The molecule has 1 saturated carbocycles. The third kappa shape index (κ3) is 9.46. The Balaban J connectivity index is 1.58. The largest absolute Gasteiger partial charge is 0.379 e. The van der Waals surface area contributed by atoms with Crippen molar-refractivity contribution in [1.82, 2.24) is 10.6 Å². The predicted molar refractivity (Wildman–Crippen MR) is 103 cm³/mol. The number of ether oxygens (including phenoxy) is 2. The van der Waals surface area contributed by atoms with E-state index < -0.39 is 0 Å². The molecule has 1 aliphatic rings. The Morgan fingerprint density at radius 1 is 1.20 bits per heavy atom. The summed E-state index contributed by atoms with van der Waals surface area (Å²) in [6, 6.07) is 10.3. The third-order valence-corrected chi connectivity index (χ3v) is 4.01. The van der Waals surface area contributed by atoms with Crippen LogP contribution in [0.3, 0.4) is 0 Å². The van der Waals surface area contributed by atoms with Gasteiger partial charge in [0.2, 0.25) is 0 Å². The molecule has 2 rings (SSSR count). The molecule has 0 aromatic heterocycles. The highest BCUT2D eigenvalue weighted by atomic mass is 16.5. The highest BCUT2D eigenvalue weighted by Crippen LogP contribution is 2.28. The van der Waals surface area contributed by atoms with E-state index in [0.29, 0.717) is 19.1 Å². The number of hydrogen-bond acceptors (Lipinski definition) is 3. The molecule has 0 amide bonds. The van der Waals surface area contributed by atoms with Gasteiger partial charge in [-0.15, -0.1) is 0 Å². The van der Waals surface area contributed by atoms with E-state index in [9.17, 15) is 0 Å². The van der Waals surface area contributed by atoms with E-state index in [-0.39, 0.29) is 0 Å². The van der Waals surface area contributed by atoms with E-state index in [2.05, 4.69) is 41.6 Å². The molecule has 0 spiro atoms. The van der Waals surface area contributed by atoms with E-state index in [1.54, 1.807) is 0 Å². The Morgan fingerprint density at radius 2 is 2.00 bits per heavy atom. The molecule has 1 atom stereocenters. The van der Waals surface area contributed by atoms with E-state index in [4.69, 9.17) is 9.47 Å². The molecular formula is C20H33N3O2. The highest BCUT2D eigenvalue weighted by Gasteiger charge is 2.20. The molecule has 1 unspecified atom stereocenters. The van der Waals surface area contributed by atoms with E-state index in [0.717, 1.165) is 44.7 Å². The molecule has 1 aliphatic carbocycles. The summed E-state index contributed by atoms with van der Waals surface area (Å²) < 4.78 is 11.4. The Bertz CT molecular complexity index is 489. The first kappa shape index (κ1) is 19.7. The van der Waals surface area contributed by atoms with Gasteiger partial charge in [-0.1, -0.05) is 37.3 Å². The van der Waals surface area contributed by atoms with Gasteiger partial charge in [0, 0.05) is 26.2 Å². The number of nitrogens with zero attached hydrogens (tertiary/aromatic N) is 1. The second-order valence-electron chi connectivity index (χ2n) is 6.77. The maximum absolute atomic E-state index is 5.79. The summed E-state index contributed by atoms with van der Waals surface area (Å²) in [6.07, 6.45) is 2.67. The standard InChI is InChI=1S/C20H33N3O2/c1-3-21-20(22-11-12-24-15-19-9-10-19)23-13-17(2)14-25-16-18-7-5-4-6-8-18/h4-8,17,19H,3,9-16H2,1-2H3,(H2,21,22,23). The minimum atomic E-state index is 0.380. The monoisotopic (exact) mass is 347 g/mol. The van der Waals surface area contributed by atoms with Gasteiger partial charge < -0.3 is 20.1 Å². The molecule has 25 heavy (non-hydrogen) atoms. The van der Waals surface area contributed by atoms with Gasteiger partial charge in [-0.3, -0.25) is 4.99 Å². The van der Waals surface area contributed by atoms with Gasteiger partial charge in [0.25, 0.3) is 0 Å². The minimum Gasteiger partial charge on any atom is -0.379 e. The quantitative estimate of drug-likeness (QED) is 0.347. The zero-order valence-electron chi connectivity index (χ0n) is 15.7. The SMILES string of the molecule is CCNC(=NCC(C)COCc1ccccc1)NCCOCC1CC1. The first-order valence-corrected chi connectivity index (χ1v) is 9.49. The van der Waals surface area contributed by atoms with Crippen molar-refractivity contribution in [3.8, 4) is 0 Å². The third-order valence-electron chi connectivity index (χ3n) is 4.01. The van der Waals surface area contributed by atoms with Crippen LogP contribution in [-0.4, -0.2) is 45.4 Å². The number of rotatable bonds is 12.